The fourth-order valence-electron chi connectivity index (χ4n) is 5.54. The molecule has 0 N–H and O–H groups in total. The molecule has 2 unspecified atom stereocenters. The van der Waals surface area contributed by atoms with Crippen molar-refractivity contribution in [3.63, 3.8) is 0 Å². The Bertz CT molecular complexity index is 1280. The molecule has 1 heterocycles. The van der Waals surface area contributed by atoms with Crippen molar-refractivity contribution in [1.82, 2.24) is 4.90 Å². The van der Waals surface area contributed by atoms with Gasteiger partial charge in [-0.1, -0.05) is 6.07 Å². The Kier molecular flexibility index (Phi) is 8.52. The van der Waals surface area contributed by atoms with Crippen LogP contribution in [0.3, 0.4) is 0 Å². The van der Waals surface area contributed by atoms with Gasteiger partial charge in [0.25, 0.3) is 0 Å². The lowest BCUT2D eigenvalue weighted by molar-refractivity contribution is -0.143. The van der Waals surface area contributed by atoms with Crippen molar-refractivity contribution in [2.24, 2.45) is 0 Å². The summed E-state index contributed by atoms with van der Waals surface area (Å²) < 4.78 is 92.3. The summed E-state index contributed by atoms with van der Waals surface area (Å²) in [5, 5.41) is 0. The zero-order valence-electron chi connectivity index (χ0n) is 23.2. The summed E-state index contributed by atoms with van der Waals surface area (Å²) in [7, 11) is 0. The van der Waals surface area contributed by atoms with Crippen LogP contribution in [0.1, 0.15) is 80.0 Å². The van der Waals surface area contributed by atoms with E-state index in [4.69, 9.17) is 9.47 Å². The fraction of sp³-hybridized carbons (Fsp3) is 0.517. The van der Waals surface area contributed by atoms with E-state index in [1.807, 2.05) is 12.1 Å². The highest BCUT2D eigenvalue weighted by molar-refractivity contribution is 5.91. The average molecular weight is 587 g/mol. The predicted octanol–water partition coefficient (Wildman–Crippen LogP) is 8.06. The third kappa shape index (κ3) is 6.56. The molecule has 2 atom stereocenters. The Morgan fingerprint density at radius 1 is 0.976 bits per heavy atom. The first-order chi connectivity index (χ1) is 19.1. The molecule has 0 bridgehead atoms. The van der Waals surface area contributed by atoms with Crippen LogP contribution in [0, 0.1) is 0 Å². The SMILES string of the molecule is CCOC(=O)N1c2cc3c(cc2C(N(Cc2cc(C(F)(F)F)cc(C(F)(F)F)c2)C(=O)OC(C)C)CC1C)CCC3. The largest absolute Gasteiger partial charge is 0.449 e. The van der Waals surface area contributed by atoms with Gasteiger partial charge in [0.05, 0.1) is 35.6 Å². The minimum Gasteiger partial charge on any atom is -0.449 e. The third-order valence-corrected chi connectivity index (χ3v) is 7.28. The van der Waals surface area contributed by atoms with Gasteiger partial charge in [-0.15, -0.1) is 0 Å². The van der Waals surface area contributed by atoms with Crippen LogP contribution in [0.2, 0.25) is 0 Å². The Balaban J connectivity index is 1.85. The van der Waals surface area contributed by atoms with E-state index in [9.17, 15) is 35.9 Å². The summed E-state index contributed by atoms with van der Waals surface area (Å²) in [6.45, 7) is 6.16. The van der Waals surface area contributed by atoms with Crippen molar-refractivity contribution in [3.05, 3.63) is 63.7 Å². The van der Waals surface area contributed by atoms with Crippen molar-refractivity contribution in [2.45, 2.75) is 90.5 Å². The fourth-order valence-corrected chi connectivity index (χ4v) is 5.54. The predicted molar refractivity (Wildman–Crippen MR) is 138 cm³/mol. The number of alkyl halides is 6. The second kappa shape index (κ2) is 11.4. The average Bonchev–Trinajstić information content (AvgIpc) is 3.31. The number of hydrogen-bond donors (Lipinski definition) is 0. The lowest BCUT2D eigenvalue weighted by Crippen LogP contribution is -2.48. The molecule has 41 heavy (non-hydrogen) atoms. The molecule has 6 nitrogen and oxygen atoms in total. The lowest BCUT2D eigenvalue weighted by atomic mass is 9.88. The van der Waals surface area contributed by atoms with Crippen LogP contribution in [0.4, 0.5) is 41.6 Å². The van der Waals surface area contributed by atoms with Gasteiger partial charge in [-0.3, -0.25) is 9.80 Å². The van der Waals surface area contributed by atoms with E-state index >= 15 is 0 Å². The number of anilines is 1. The number of carbonyl (C=O) groups is 2. The maximum absolute atomic E-state index is 13.6. The summed E-state index contributed by atoms with van der Waals surface area (Å²) in [6.07, 6.45) is -9.54. The van der Waals surface area contributed by atoms with E-state index in [0.29, 0.717) is 23.4 Å². The molecule has 224 valence electrons. The normalized spacial score (nSPS) is 18.7. The number of carbonyl (C=O) groups excluding carboxylic acids is 2. The zero-order chi connectivity index (χ0) is 30.3. The number of fused-ring (bicyclic) bond motifs is 2. The second-order valence-corrected chi connectivity index (χ2v) is 10.7. The minimum absolute atomic E-state index is 0.0543. The van der Waals surface area contributed by atoms with Gasteiger partial charge in [-0.25, -0.2) is 9.59 Å². The molecule has 0 aromatic heterocycles. The zero-order valence-corrected chi connectivity index (χ0v) is 23.2. The van der Waals surface area contributed by atoms with E-state index in [1.54, 1.807) is 27.7 Å². The first-order valence-corrected chi connectivity index (χ1v) is 13.5. The Morgan fingerprint density at radius 3 is 2.10 bits per heavy atom. The molecular formula is C29H32F6N2O4. The smallest absolute Gasteiger partial charge is 0.416 e. The molecule has 1 aliphatic heterocycles. The summed E-state index contributed by atoms with van der Waals surface area (Å²) in [5.41, 5.74) is -0.184. The standard InChI is InChI=1S/C29H32F6N2O4/c1-5-40-27(39)37-17(4)9-24(23-12-19-7-6-8-20(19)13-25(23)37)36(26(38)41-16(2)3)15-18-10-21(28(30,31)32)14-22(11-18)29(33,34)35/h10-14,16-17,24H,5-9,15H2,1-4H3. The van der Waals surface area contributed by atoms with Crippen LogP contribution in [0.5, 0.6) is 0 Å². The highest BCUT2D eigenvalue weighted by Crippen LogP contribution is 2.45. The molecular weight excluding hydrogens is 554 g/mol. The summed E-state index contributed by atoms with van der Waals surface area (Å²) >= 11 is 0. The van der Waals surface area contributed by atoms with E-state index in [2.05, 4.69) is 0 Å². The molecule has 0 radical (unpaired) electrons. The van der Waals surface area contributed by atoms with E-state index < -0.39 is 60.4 Å². The van der Waals surface area contributed by atoms with Crippen molar-refractivity contribution in [2.75, 3.05) is 11.5 Å². The van der Waals surface area contributed by atoms with Crippen molar-refractivity contribution < 1.29 is 45.4 Å². The molecule has 4 rings (SSSR count). The number of amides is 2. The van der Waals surface area contributed by atoms with Crippen LogP contribution < -0.4 is 4.90 Å². The van der Waals surface area contributed by atoms with Gasteiger partial charge in [0.15, 0.2) is 0 Å². The molecule has 2 aromatic carbocycles. The molecule has 0 saturated carbocycles. The van der Waals surface area contributed by atoms with Gasteiger partial charge < -0.3 is 9.47 Å². The van der Waals surface area contributed by atoms with Crippen molar-refractivity contribution in [3.8, 4) is 0 Å². The number of nitrogens with zero attached hydrogens (tertiary/aromatic N) is 2. The van der Waals surface area contributed by atoms with Crippen LogP contribution >= 0.6 is 0 Å². The van der Waals surface area contributed by atoms with Gasteiger partial charge in [0, 0.05) is 12.6 Å². The molecule has 12 heteroatoms. The molecule has 2 aromatic rings. The van der Waals surface area contributed by atoms with Gasteiger partial charge in [0.2, 0.25) is 0 Å². The van der Waals surface area contributed by atoms with Gasteiger partial charge in [-0.05, 0) is 99.9 Å². The second-order valence-electron chi connectivity index (χ2n) is 10.7. The van der Waals surface area contributed by atoms with Crippen molar-refractivity contribution in [1.29, 1.82) is 0 Å². The molecule has 0 saturated heterocycles. The quantitative estimate of drug-likeness (QED) is 0.333. The molecule has 1 aliphatic carbocycles. The maximum atomic E-state index is 13.6. The monoisotopic (exact) mass is 586 g/mol. The van der Waals surface area contributed by atoms with Gasteiger partial charge >= 0.3 is 24.5 Å². The summed E-state index contributed by atoms with van der Waals surface area (Å²) in [5.74, 6) is 0. The molecule has 2 amide bonds. The van der Waals surface area contributed by atoms with Gasteiger partial charge in [-0.2, -0.15) is 26.3 Å². The Hall–Kier alpha value is -3.44. The number of rotatable bonds is 5. The molecule has 0 fully saturated rings. The summed E-state index contributed by atoms with van der Waals surface area (Å²) in [4.78, 5) is 29.1. The van der Waals surface area contributed by atoms with Crippen LogP contribution in [0.25, 0.3) is 0 Å². The minimum atomic E-state index is -5.04. The molecule has 2 aliphatic rings. The lowest BCUT2D eigenvalue weighted by Gasteiger charge is -2.43. The van der Waals surface area contributed by atoms with Gasteiger partial charge in [0.1, 0.15) is 0 Å². The number of halogens is 6. The Morgan fingerprint density at radius 2 is 1.56 bits per heavy atom. The van der Waals surface area contributed by atoms with E-state index in [0.717, 1.165) is 35.3 Å². The van der Waals surface area contributed by atoms with Crippen LogP contribution in [-0.2, 0) is 41.2 Å². The first kappa shape index (κ1) is 30.5. The van der Waals surface area contributed by atoms with Crippen molar-refractivity contribution >= 4 is 17.9 Å². The first-order valence-electron chi connectivity index (χ1n) is 13.5. The maximum Gasteiger partial charge on any atom is 0.416 e. The number of ether oxygens (including phenoxy) is 2. The number of benzene rings is 2. The highest BCUT2D eigenvalue weighted by atomic mass is 19.4. The third-order valence-electron chi connectivity index (χ3n) is 7.28. The summed E-state index contributed by atoms with van der Waals surface area (Å²) in [6, 6.07) is 3.73. The highest BCUT2D eigenvalue weighted by Gasteiger charge is 2.42. The van der Waals surface area contributed by atoms with E-state index in [-0.39, 0.29) is 24.7 Å². The van der Waals surface area contributed by atoms with E-state index in [1.165, 1.54) is 4.90 Å². The van der Waals surface area contributed by atoms with Crippen LogP contribution in [-0.4, -0.2) is 35.8 Å². The number of hydrogen-bond acceptors (Lipinski definition) is 4. The van der Waals surface area contributed by atoms with Crippen LogP contribution in [0.15, 0.2) is 30.3 Å². The molecule has 0 spiro atoms. The Labute approximate surface area is 234 Å². The number of aryl methyl sites for hydroxylation is 2. The topological polar surface area (TPSA) is 59.1 Å².